The van der Waals surface area contributed by atoms with E-state index in [0.29, 0.717) is 13.0 Å². The second-order valence-corrected chi connectivity index (χ2v) is 5.88. The minimum atomic E-state index is -4.26. The fraction of sp³-hybridized carbons (Fsp3) is 0.846. The van der Waals surface area contributed by atoms with Gasteiger partial charge in [0, 0.05) is 18.7 Å². The number of halogens is 3. The second kappa shape index (κ2) is 6.57. The van der Waals surface area contributed by atoms with E-state index in [0.717, 1.165) is 0 Å². The zero-order valence-corrected chi connectivity index (χ0v) is 11.7. The van der Waals surface area contributed by atoms with E-state index < -0.39 is 12.8 Å². The molecule has 0 amide bonds. The number of hydrogen-bond donors (Lipinski definition) is 1. The third-order valence-electron chi connectivity index (χ3n) is 2.60. The Bertz CT molecular complexity index is 258. The molecule has 0 heterocycles. The van der Waals surface area contributed by atoms with Crippen molar-refractivity contribution in [1.82, 2.24) is 5.32 Å². The van der Waals surface area contributed by atoms with E-state index in [1.165, 1.54) is 0 Å². The largest absolute Gasteiger partial charge is 0.411 e. The molecule has 0 radical (unpaired) electrons. The van der Waals surface area contributed by atoms with Gasteiger partial charge in [0.05, 0.1) is 0 Å². The molecule has 0 rings (SSSR count). The monoisotopic (exact) mass is 267 g/mol. The molecule has 0 aliphatic rings. The first kappa shape index (κ1) is 17.4. The molecule has 1 N–H and O–H groups in total. The van der Waals surface area contributed by atoms with E-state index in [9.17, 15) is 13.2 Å². The Morgan fingerprint density at radius 2 is 1.72 bits per heavy atom. The van der Waals surface area contributed by atoms with Crippen molar-refractivity contribution in [2.75, 3.05) is 19.8 Å². The Labute approximate surface area is 108 Å². The number of rotatable bonds is 7. The summed E-state index contributed by atoms with van der Waals surface area (Å²) in [6.45, 7) is 11.4. The van der Waals surface area contributed by atoms with Gasteiger partial charge >= 0.3 is 6.18 Å². The highest BCUT2D eigenvalue weighted by Crippen LogP contribution is 2.23. The summed E-state index contributed by atoms with van der Waals surface area (Å²) in [5, 5.41) is 3.32. The first-order valence-electron chi connectivity index (χ1n) is 6.01. The molecule has 0 aromatic heterocycles. The van der Waals surface area contributed by atoms with Crippen LogP contribution in [0.1, 0.15) is 34.1 Å². The molecule has 0 saturated carbocycles. The van der Waals surface area contributed by atoms with Crippen molar-refractivity contribution in [3.63, 3.8) is 0 Å². The fourth-order valence-electron chi connectivity index (χ4n) is 1.22. The van der Waals surface area contributed by atoms with Gasteiger partial charge in [0.1, 0.15) is 6.61 Å². The number of hydrogen-bond acceptors (Lipinski definition) is 2. The maximum atomic E-state index is 11.9. The van der Waals surface area contributed by atoms with Crippen LogP contribution in [0.15, 0.2) is 12.7 Å². The summed E-state index contributed by atoms with van der Waals surface area (Å²) in [7, 11) is 0. The third kappa shape index (κ3) is 9.48. The van der Waals surface area contributed by atoms with Crippen molar-refractivity contribution in [3.8, 4) is 0 Å². The lowest BCUT2D eigenvalue weighted by atomic mass is 9.86. The van der Waals surface area contributed by atoms with Crippen LogP contribution in [0.25, 0.3) is 0 Å². The molecule has 108 valence electrons. The maximum absolute atomic E-state index is 11.9. The highest BCUT2D eigenvalue weighted by Gasteiger charge is 2.28. The van der Waals surface area contributed by atoms with Crippen LogP contribution < -0.4 is 5.32 Å². The van der Waals surface area contributed by atoms with Crippen LogP contribution in [-0.2, 0) is 4.74 Å². The highest BCUT2D eigenvalue weighted by atomic mass is 19.4. The lowest BCUT2D eigenvalue weighted by Crippen LogP contribution is -2.42. The third-order valence-corrected chi connectivity index (χ3v) is 2.60. The molecule has 0 spiro atoms. The van der Waals surface area contributed by atoms with E-state index >= 15 is 0 Å². The highest BCUT2D eigenvalue weighted by molar-refractivity contribution is 4.94. The summed E-state index contributed by atoms with van der Waals surface area (Å²) < 4.78 is 40.3. The summed E-state index contributed by atoms with van der Waals surface area (Å²) in [6.07, 6.45) is -1.98. The molecule has 0 aliphatic carbocycles. The average Bonchev–Trinajstić information content (AvgIpc) is 2.19. The van der Waals surface area contributed by atoms with Crippen LogP contribution in [0.5, 0.6) is 0 Å². The molecule has 0 aliphatic heterocycles. The fourth-order valence-corrected chi connectivity index (χ4v) is 1.22. The minimum Gasteiger partial charge on any atom is -0.372 e. The van der Waals surface area contributed by atoms with E-state index in [1.807, 2.05) is 27.7 Å². The van der Waals surface area contributed by atoms with Gasteiger partial charge < -0.3 is 10.1 Å². The predicted molar refractivity (Wildman–Crippen MR) is 67.6 cm³/mol. The standard InChI is InChI=1S/C13H24F3NO/c1-6-12(5,9-17-11(2,3)4)7-8-18-10-13(14,15)16/h6,17H,1,7-10H2,2-5H3. The van der Waals surface area contributed by atoms with E-state index in [4.69, 9.17) is 0 Å². The quantitative estimate of drug-likeness (QED) is 0.563. The van der Waals surface area contributed by atoms with Crippen LogP contribution in [0.4, 0.5) is 13.2 Å². The number of nitrogens with one attached hydrogen (secondary N) is 1. The molecule has 0 bridgehead atoms. The molecular weight excluding hydrogens is 243 g/mol. The van der Waals surface area contributed by atoms with Gasteiger partial charge in [0.15, 0.2) is 0 Å². The number of alkyl halides is 3. The van der Waals surface area contributed by atoms with E-state index in [-0.39, 0.29) is 17.6 Å². The average molecular weight is 267 g/mol. The lowest BCUT2D eigenvalue weighted by Gasteiger charge is -2.31. The Morgan fingerprint density at radius 3 is 2.11 bits per heavy atom. The Kier molecular flexibility index (Phi) is 6.37. The molecule has 1 atom stereocenters. The molecule has 2 nitrogen and oxygen atoms in total. The first-order valence-corrected chi connectivity index (χ1v) is 6.01. The van der Waals surface area contributed by atoms with Gasteiger partial charge in [0.2, 0.25) is 0 Å². The van der Waals surface area contributed by atoms with E-state index in [1.54, 1.807) is 6.08 Å². The zero-order chi connectivity index (χ0) is 14.4. The topological polar surface area (TPSA) is 21.3 Å². The van der Waals surface area contributed by atoms with Crippen LogP contribution in [-0.4, -0.2) is 31.5 Å². The molecular formula is C13H24F3NO. The Balaban J connectivity index is 4.05. The van der Waals surface area contributed by atoms with Crippen LogP contribution >= 0.6 is 0 Å². The summed E-state index contributed by atoms with van der Waals surface area (Å²) in [4.78, 5) is 0. The number of ether oxygens (including phenoxy) is 1. The molecule has 0 saturated heterocycles. The van der Waals surface area contributed by atoms with Gasteiger partial charge in [-0.25, -0.2) is 0 Å². The van der Waals surface area contributed by atoms with Gasteiger partial charge in [-0.05, 0) is 32.6 Å². The van der Waals surface area contributed by atoms with E-state index in [2.05, 4.69) is 16.6 Å². The van der Waals surface area contributed by atoms with Crippen LogP contribution in [0.2, 0.25) is 0 Å². The summed E-state index contributed by atoms with van der Waals surface area (Å²) in [5.74, 6) is 0. The van der Waals surface area contributed by atoms with Crippen molar-refractivity contribution in [1.29, 1.82) is 0 Å². The van der Waals surface area contributed by atoms with Crippen molar-refractivity contribution in [2.24, 2.45) is 5.41 Å². The second-order valence-electron chi connectivity index (χ2n) is 5.88. The smallest absolute Gasteiger partial charge is 0.372 e. The summed E-state index contributed by atoms with van der Waals surface area (Å²) in [6, 6.07) is 0. The van der Waals surface area contributed by atoms with Crippen molar-refractivity contribution < 1.29 is 17.9 Å². The lowest BCUT2D eigenvalue weighted by molar-refractivity contribution is -0.175. The molecule has 0 aromatic carbocycles. The molecule has 5 heteroatoms. The van der Waals surface area contributed by atoms with Gasteiger partial charge in [-0.15, -0.1) is 6.58 Å². The minimum absolute atomic E-state index is 0.0307. The van der Waals surface area contributed by atoms with Crippen molar-refractivity contribution in [2.45, 2.75) is 45.8 Å². The van der Waals surface area contributed by atoms with Gasteiger partial charge in [-0.2, -0.15) is 13.2 Å². The van der Waals surface area contributed by atoms with Gasteiger partial charge in [-0.1, -0.05) is 13.0 Å². The molecule has 0 aromatic rings. The summed E-state index contributed by atoms with van der Waals surface area (Å²) >= 11 is 0. The van der Waals surface area contributed by atoms with Crippen molar-refractivity contribution in [3.05, 3.63) is 12.7 Å². The first-order chi connectivity index (χ1) is 7.97. The van der Waals surface area contributed by atoms with Gasteiger partial charge in [0.25, 0.3) is 0 Å². The molecule has 18 heavy (non-hydrogen) atoms. The van der Waals surface area contributed by atoms with Gasteiger partial charge in [-0.3, -0.25) is 0 Å². The maximum Gasteiger partial charge on any atom is 0.411 e. The van der Waals surface area contributed by atoms with Crippen LogP contribution in [0.3, 0.4) is 0 Å². The van der Waals surface area contributed by atoms with Crippen LogP contribution in [0, 0.1) is 5.41 Å². The predicted octanol–water partition coefficient (Wildman–Crippen LogP) is 3.54. The molecule has 0 fully saturated rings. The normalized spacial score (nSPS) is 16.4. The Hall–Kier alpha value is -0.550. The molecule has 1 unspecified atom stereocenters. The summed E-state index contributed by atoms with van der Waals surface area (Å²) in [5.41, 5.74) is -0.296. The Morgan fingerprint density at radius 1 is 1.17 bits per heavy atom. The van der Waals surface area contributed by atoms with Crippen molar-refractivity contribution >= 4 is 0 Å². The zero-order valence-electron chi connectivity index (χ0n) is 11.7. The SMILES string of the molecule is C=CC(C)(CCOCC(F)(F)F)CNC(C)(C)C.